The summed E-state index contributed by atoms with van der Waals surface area (Å²) in [7, 11) is 0. The van der Waals surface area contributed by atoms with Crippen molar-refractivity contribution in [2.75, 3.05) is 0 Å². The predicted octanol–water partition coefficient (Wildman–Crippen LogP) is 3.43. The van der Waals surface area contributed by atoms with Gasteiger partial charge in [-0.2, -0.15) is 0 Å². The van der Waals surface area contributed by atoms with Crippen molar-refractivity contribution >= 4 is 23.4 Å². The van der Waals surface area contributed by atoms with Crippen molar-refractivity contribution in [1.82, 2.24) is 15.0 Å². The van der Waals surface area contributed by atoms with Crippen LogP contribution < -0.4 is 0 Å². The lowest BCUT2D eigenvalue weighted by molar-refractivity contribution is 0.931. The van der Waals surface area contributed by atoms with Gasteiger partial charge in [0.15, 0.2) is 5.16 Å². The third kappa shape index (κ3) is 3.17. The van der Waals surface area contributed by atoms with E-state index in [9.17, 15) is 0 Å². The smallest absolute Gasteiger partial charge is 0.188 e. The Kier molecular flexibility index (Phi) is 3.97. The normalized spacial score (nSPS) is 10.5. The fraction of sp³-hybridized carbons (Fsp3) is 0.250. The molecule has 3 nitrogen and oxygen atoms in total. The fourth-order valence-electron chi connectivity index (χ4n) is 1.37. The topological polar surface area (TPSA) is 38.7 Å². The minimum absolute atomic E-state index is 0.699. The first kappa shape index (κ1) is 12.3. The highest BCUT2D eigenvalue weighted by Crippen LogP contribution is 2.26. The zero-order valence-electron chi connectivity index (χ0n) is 9.64. The van der Waals surface area contributed by atoms with Crippen LogP contribution in [-0.2, 0) is 5.75 Å². The van der Waals surface area contributed by atoms with E-state index in [4.69, 9.17) is 11.6 Å². The summed E-state index contributed by atoms with van der Waals surface area (Å²) in [5, 5.41) is 1.47. The molecule has 0 amide bonds. The highest BCUT2D eigenvalue weighted by atomic mass is 35.5. The molecule has 5 heteroatoms. The molecule has 0 fully saturated rings. The van der Waals surface area contributed by atoms with Gasteiger partial charge in [-0.25, -0.2) is 9.97 Å². The molecular weight excluding hydrogens is 254 g/mol. The first-order valence-corrected chi connectivity index (χ1v) is 6.54. The van der Waals surface area contributed by atoms with E-state index >= 15 is 0 Å². The molecular formula is C12H12ClN3S. The Hall–Kier alpha value is -1.13. The van der Waals surface area contributed by atoms with Crippen molar-refractivity contribution in [3.8, 4) is 0 Å². The Balaban J connectivity index is 2.13. The first-order chi connectivity index (χ1) is 8.16. The Morgan fingerprint density at radius 2 is 2.12 bits per heavy atom. The van der Waals surface area contributed by atoms with Crippen LogP contribution in [0.4, 0.5) is 0 Å². The summed E-state index contributed by atoms with van der Waals surface area (Å²) in [6.45, 7) is 3.96. The van der Waals surface area contributed by atoms with Crippen LogP contribution in [-0.4, -0.2) is 15.0 Å². The average molecular weight is 266 g/mol. The molecule has 0 spiro atoms. The van der Waals surface area contributed by atoms with Gasteiger partial charge in [0.05, 0.1) is 5.02 Å². The van der Waals surface area contributed by atoms with Gasteiger partial charge < -0.3 is 0 Å². The van der Waals surface area contributed by atoms with Crippen molar-refractivity contribution in [1.29, 1.82) is 0 Å². The van der Waals surface area contributed by atoms with E-state index < -0.39 is 0 Å². The van der Waals surface area contributed by atoms with Crippen molar-refractivity contribution < 1.29 is 0 Å². The molecule has 0 atom stereocenters. The molecule has 2 rings (SSSR count). The number of nitrogens with zero attached hydrogens (tertiary/aromatic N) is 3. The third-order valence-electron chi connectivity index (χ3n) is 2.34. The Labute approximate surface area is 110 Å². The molecule has 0 aliphatic rings. The molecule has 0 aliphatic carbocycles. The summed E-state index contributed by atoms with van der Waals surface area (Å²) in [6, 6.07) is 1.88. The van der Waals surface area contributed by atoms with Gasteiger partial charge in [0.25, 0.3) is 0 Å². The molecule has 0 bridgehead atoms. The number of hydrogen-bond acceptors (Lipinski definition) is 4. The molecule has 0 radical (unpaired) electrons. The van der Waals surface area contributed by atoms with Gasteiger partial charge in [0.2, 0.25) is 0 Å². The Morgan fingerprint density at radius 1 is 1.29 bits per heavy atom. The summed E-state index contributed by atoms with van der Waals surface area (Å²) in [4.78, 5) is 12.6. The van der Waals surface area contributed by atoms with Crippen LogP contribution in [0.15, 0.2) is 29.8 Å². The van der Waals surface area contributed by atoms with Crippen LogP contribution in [0.1, 0.15) is 16.8 Å². The third-order valence-corrected chi connectivity index (χ3v) is 3.55. The second-order valence-corrected chi connectivity index (χ2v) is 5.04. The lowest BCUT2D eigenvalue weighted by atomic mass is 10.2. The summed E-state index contributed by atoms with van der Waals surface area (Å²) in [5.41, 5.74) is 3.16. The standard InChI is InChI=1S/C12H12ClN3S/c1-8-5-14-6-11(13)10(8)7-17-12-15-4-3-9(2)16-12/h3-6H,7H2,1-2H3. The molecule has 0 saturated carbocycles. The molecule has 0 unspecified atom stereocenters. The van der Waals surface area contributed by atoms with Gasteiger partial charge in [-0.1, -0.05) is 23.4 Å². The van der Waals surface area contributed by atoms with Crippen LogP contribution in [0.25, 0.3) is 0 Å². The molecule has 0 saturated heterocycles. The lowest BCUT2D eigenvalue weighted by Gasteiger charge is -2.06. The number of aryl methyl sites for hydroxylation is 2. The SMILES string of the molecule is Cc1ccnc(SCc2c(C)cncc2Cl)n1. The predicted molar refractivity (Wildman–Crippen MR) is 70.3 cm³/mol. The summed E-state index contributed by atoms with van der Waals surface area (Å²) < 4.78 is 0. The van der Waals surface area contributed by atoms with E-state index in [1.54, 1.807) is 24.2 Å². The maximum Gasteiger partial charge on any atom is 0.188 e. The number of halogens is 1. The van der Waals surface area contributed by atoms with Gasteiger partial charge in [-0.15, -0.1) is 0 Å². The zero-order chi connectivity index (χ0) is 12.3. The van der Waals surface area contributed by atoms with E-state index in [1.165, 1.54) is 0 Å². The number of pyridine rings is 1. The van der Waals surface area contributed by atoms with Gasteiger partial charge in [0.1, 0.15) is 0 Å². The molecule has 2 aromatic rings. The van der Waals surface area contributed by atoms with E-state index in [1.807, 2.05) is 26.1 Å². The second-order valence-electron chi connectivity index (χ2n) is 3.69. The Morgan fingerprint density at radius 3 is 2.82 bits per heavy atom. The van der Waals surface area contributed by atoms with Crippen LogP contribution >= 0.6 is 23.4 Å². The molecule has 2 heterocycles. The maximum atomic E-state index is 6.11. The lowest BCUT2D eigenvalue weighted by Crippen LogP contribution is -1.93. The number of rotatable bonds is 3. The van der Waals surface area contributed by atoms with Crippen LogP contribution in [0.3, 0.4) is 0 Å². The molecule has 0 aromatic carbocycles. The van der Waals surface area contributed by atoms with E-state index in [-0.39, 0.29) is 0 Å². The van der Waals surface area contributed by atoms with Gasteiger partial charge in [-0.05, 0) is 31.0 Å². The molecule has 2 aromatic heterocycles. The largest absolute Gasteiger partial charge is 0.263 e. The van der Waals surface area contributed by atoms with E-state index in [2.05, 4.69) is 15.0 Å². The van der Waals surface area contributed by atoms with Gasteiger partial charge in [-0.3, -0.25) is 4.98 Å². The summed E-state index contributed by atoms with van der Waals surface area (Å²) in [6.07, 6.45) is 5.26. The number of aromatic nitrogens is 3. The first-order valence-electron chi connectivity index (χ1n) is 5.18. The Bertz CT molecular complexity index is 511. The zero-order valence-corrected chi connectivity index (χ0v) is 11.2. The minimum atomic E-state index is 0.699. The van der Waals surface area contributed by atoms with Crippen LogP contribution in [0, 0.1) is 13.8 Å². The fourth-order valence-corrected chi connectivity index (χ4v) is 2.73. The van der Waals surface area contributed by atoms with Gasteiger partial charge >= 0.3 is 0 Å². The summed E-state index contributed by atoms with van der Waals surface area (Å²) >= 11 is 7.69. The highest BCUT2D eigenvalue weighted by Gasteiger charge is 2.06. The monoisotopic (exact) mass is 265 g/mol. The minimum Gasteiger partial charge on any atom is -0.263 e. The van der Waals surface area contributed by atoms with Gasteiger partial charge in [0, 0.05) is 30.0 Å². The van der Waals surface area contributed by atoms with Crippen molar-refractivity contribution in [3.63, 3.8) is 0 Å². The summed E-state index contributed by atoms with van der Waals surface area (Å²) in [5.74, 6) is 0.761. The molecule has 88 valence electrons. The average Bonchev–Trinajstić information content (AvgIpc) is 2.28. The van der Waals surface area contributed by atoms with Crippen LogP contribution in [0.2, 0.25) is 5.02 Å². The van der Waals surface area contributed by atoms with Crippen molar-refractivity contribution in [2.24, 2.45) is 0 Å². The van der Waals surface area contributed by atoms with Crippen LogP contribution in [0.5, 0.6) is 0 Å². The van der Waals surface area contributed by atoms with Crippen molar-refractivity contribution in [2.45, 2.75) is 24.8 Å². The highest BCUT2D eigenvalue weighted by molar-refractivity contribution is 7.98. The van der Waals surface area contributed by atoms with Crippen molar-refractivity contribution in [3.05, 3.63) is 46.5 Å². The molecule has 0 N–H and O–H groups in total. The molecule has 17 heavy (non-hydrogen) atoms. The second kappa shape index (κ2) is 5.47. The van der Waals surface area contributed by atoms with E-state index in [0.717, 1.165) is 27.7 Å². The molecule has 0 aliphatic heterocycles. The number of thioether (sulfide) groups is 1. The van der Waals surface area contributed by atoms with E-state index in [0.29, 0.717) is 5.02 Å². The number of hydrogen-bond donors (Lipinski definition) is 0. The maximum absolute atomic E-state index is 6.11. The quantitative estimate of drug-likeness (QED) is 0.630.